The minimum Gasteiger partial charge on any atom is -0.480 e. The van der Waals surface area contributed by atoms with Crippen LogP contribution in [-0.2, 0) is 0 Å². The number of ether oxygens (including phenoxy) is 1. The topological polar surface area (TPSA) is 38.2 Å². The molecule has 2 rings (SSSR count). The standard InChI is InChI=1S/C11H17N3O/c1-14-7-5-9(6-8-14)10-3-4-11(15-2)13-12-10/h3-4,9H,5-8H2,1-2H3. The average molecular weight is 207 g/mol. The molecule has 1 aliphatic heterocycles. The molecule has 0 aliphatic carbocycles. The van der Waals surface area contributed by atoms with Crippen LogP contribution in [-0.4, -0.2) is 42.3 Å². The van der Waals surface area contributed by atoms with Gasteiger partial charge < -0.3 is 9.64 Å². The van der Waals surface area contributed by atoms with Crippen LogP contribution in [0.2, 0.25) is 0 Å². The molecule has 1 aliphatic rings. The highest BCUT2D eigenvalue weighted by Crippen LogP contribution is 2.25. The van der Waals surface area contributed by atoms with Gasteiger partial charge in [-0.2, -0.15) is 5.10 Å². The number of nitrogens with zero attached hydrogens (tertiary/aromatic N) is 3. The lowest BCUT2D eigenvalue weighted by atomic mass is 9.94. The SMILES string of the molecule is COc1ccc(C2CCN(C)CC2)nn1. The van der Waals surface area contributed by atoms with Gasteiger partial charge in [-0.25, -0.2) is 0 Å². The second-order valence-corrected chi connectivity index (χ2v) is 4.08. The van der Waals surface area contributed by atoms with Crippen LogP contribution in [0.3, 0.4) is 0 Å². The maximum Gasteiger partial charge on any atom is 0.233 e. The zero-order valence-electron chi connectivity index (χ0n) is 9.31. The van der Waals surface area contributed by atoms with E-state index in [2.05, 4.69) is 22.1 Å². The number of hydrogen-bond acceptors (Lipinski definition) is 4. The van der Waals surface area contributed by atoms with Crippen molar-refractivity contribution < 1.29 is 4.74 Å². The van der Waals surface area contributed by atoms with Crippen molar-refractivity contribution in [2.45, 2.75) is 18.8 Å². The average Bonchev–Trinajstić information content (AvgIpc) is 2.30. The van der Waals surface area contributed by atoms with Crippen LogP contribution in [0.5, 0.6) is 5.88 Å². The molecule has 0 atom stereocenters. The minimum atomic E-state index is 0.569. The molecule has 0 bridgehead atoms. The molecule has 0 aromatic carbocycles. The number of hydrogen-bond donors (Lipinski definition) is 0. The van der Waals surface area contributed by atoms with Crippen molar-refractivity contribution in [2.24, 2.45) is 0 Å². The molecular weight excluding hydrogens is 190 g/mol. The third kappa shape index (κ3) is 2.45. The maximum atomic E-state index is 4.99. The van der Waals surface area contributed by atoms with Gasteiger partial charge in [-0.1, -0.05) is 0 Å². The first kappa shape index (κ1) is 10.4. The summed E-state index contributed by atoms with van der Waals surface area (Å²) in [5.74, 6) is 1.16. The molecule has 4 heteroatoms. The lowest BCUT2D eigenvalue weighted by Crippen LogP contribution is -2.29. The Morgan fingerprint density at radius 1 is 1.27 bits per heavy atom. The fraction of sp³-hybridized carbons (Fsp3) is 0.636. The monoisotopic (exact) mass is 207 g/mol. The van der Waals surface area contributed by atoms with Crippen molar-refractivity contribution in [3.8, 4) is 5.88 Å². The zero-order valence-corrected chi connectivity index (χ0v) is 9.31. The Morgan fingerprint density at radius 3 is 2.53 bits per heavy atom. The lowest BCUT2D eigenvalue weighted by Gasteiger charge is -2.28. The molecule has 0 N–H and O–H groups in total. The highest BCUT2D eigenvalue weighted by Gasteiger charge is 2.19. The molecule has 15 heavy (non-hydrogen) atoms. The van der Waals surface area contributed by atoms with Gasteiger partial charge in [0, 0.05) is 12.0 Å². The molecule has 1 saturated heterocycles. The molecule has 0 spiro atoms. The summed E-state index contributed by atoms with van der Waals surface area (Å²) < 4.78 is 4.99. The highest BCUT2D eigenvalue weighted by molar-refractivity contribution is 5.15. The van der Waals surface area contributed by atoms with Crippen LogP contribution < -0.4 is 4.74 Å². The van der Waals surface area contributed by atoms with Crippen LogP contribution in [0.15, 0.2) is 12.1 Å². The second kappa shape index (κ2) is 4.57. The Balaban J connectivity index is 2.03. The molecule has 0 unspecified atom stereocenters. The van der Waals surface area contributed by atoms with E-state index >= 15 is 0 Å². The fourth-order valence-corrected chi connectivity index (χ4v) is 1.96. The Labute approximate surface area is 90.3 Å². The quantitative estimate of drug-likeness (QED) is 0.732. The van der Waals surface area contributed by atoms with Gasteiger partial charge in [0.15, 0.2) is 0 Å². The van der Waals surface area contributed by atoms with Gasteiger partial charge in [0.1, 0.15) is 0 Å². The molecule has 1 aromatic rings. The van der Waals surface area contributed by atoms with Gasteiger partial charge in [-0.15, -0.1) is 5.10 Å². The third-order valence-corrected chi connectivity index (χ3v) is 3.01. The van der Waals surface area contributed by atoms with Crippen molar-refractivity contribution in [1.82, 2.24) is 15.1 Å². The molecular formula is C11H17N3O. The van der Waals surface area contributed by atoms with Crippen molar-refractivity contribution in [3.63, 3.8) is 0 Å². The fourth-order valence-electron chi connectivity index (χ4n) is 1.96. The van der Waals surface area contributed by atoms with Gasteiger partial charge in [0.25, 0.3) is 0 Å². The highest BCUT2D eigenvalue weighted by atomic mass is 16.5. The van der Waals surface area contributed by atoms with E-state index in [0.717, 1.165) is 18.8 Å². The first-order valence-corrected chi connectivity index (χ1v) is 5.36. The van der Waals surface area contributed by atoms with Crippen molar-refractivity contribution in [1.29, 1.82) is 0 Å². The Hall–Kier alpha value is -1.16. The summed E-state index contributed by atoms with van der Waals surface area (Å²) >= 11 is 0. The smallest absolute Gasteiger partial charge is 0.233 e. The Morgan fingerprint density at radius 2 is 2.00 bits per heavy atom. The first-order chi connectivity index (χ1) is 7.29. The van der Waals surface area contributed by atoms with E-state index in [9.17, 15) is 0 Å². The van der Waals surface area contributed by atoms with Gasteiger partial charge >= 0.3 is 0 Å². The summed E-state index contributed by atoms with van der Waals surface area (Å²) in [4.78, 5) is 2.35. The number of rotatable bonds is 2. The van der Waals surface area contributed by atoms with Crippen molar-refractivity contribution >= 4 is 0 Å². The summed E-state index contributed by atoms with van der Waals surface area (Å²) in [6.07, 6.45) is 2.36. The molecule has 1 aromatic heterocycles. The van der Waals surface area contributed by atoms with Crippen LogP contribution in [0, 0.1) is 0 Å². The largest absolute Gasteiger partial charge is 0.480 e. The van der Waals surface area contributed by atoms with Crippen LogP contribution >= 0.6 is 0 Å². The van der Waals surface area contributed by atoms with E-state index in [1.807, 2.05) is 12.1 Å². The Kier molecular flexibility index (Phi) is 3.16. The van der Waals surface area contributed by atoms with Crippen molar-refractivity contribution in [2.75, 3.05) is 27.2 Å². The molecule has 0 amide bonds. The van der Waals surface area contributed by atoms with E-state index in [1.165, 1.54) is 12.8 Å². The molecule has 2 heterocycles. The van der Waals surface area contributed by atoms with Crippen LogP contribution in [0.25, 0.3) is 0 Å². The van der Waals surface area contributed by atoms with E-state index in [-0.39, 0.29) is 0 Å². The summed E-state index contributed by atoms with van der Waals surface area (Å²) in [5, 5.41) is 8.21. The minimum absolute atomic E-state index is 0.569. The third-order valence-electron chi connectivity index (χ3n) is 3.01. The Bertz CT molecular complexity index is 304. The molecule has 82 valence electrons. The van der Waals surface area contributed by atoms with Crippen LogP contribution in [0.1, 0.15) is 24.5 Å². The van der Waals surface area contributed by atoms with E-state index in [0.29, 0.717) is 11.8 Å². The molecule has 4 nitrogen and oxygen atoms in total. The van der Waals surface area contributed by atoms with Gasteiger partial charge in [-0.05, 0) is 39.0 Å². The van der Waals surface area contributed by atoms with Crippen molar-refractivity contribution in [3.05, 3.63) is 17.8 Å². The summed E-state index contributed by atoms with van der Waals surface area (Å²) in [5.41, 5.74) is 1.10. The lowest BCUT2D eigenvalue weighted by molar-refractivity contribution is 0.252. The van der Waals surface area contributed by atoms with Gasteiger partial charge in [0.2, 0.25) is 5.88 Å². The van der Waals surface area contributed by atoms with E-state index in [4.69, 9.17) is 4.74 Å². The molecule has 0 radical (unpaired) electrons. The summed E-state index contributed by atoms with van der Waals surface area (Å²) in [6.45, 7) is 2.30. The maximum absolute atomic E-state index is 4.99. The van der Waals surface area contributed by atoms with Gasteiger partial charge in [0.05, 0.1) is 12.8 Å². The second-order valence-electron chi connectivity index (χ2n) is 4.08. The van der Waals surface area contributed by atoms with E-state index in [1.54, 1.807) is 7.11 Å². The zero-order chi connectivity index (χ0) is 10.7. The summed E-state index contributed by atoms with van der Waals surface area (Å²) in [7, 11) is 3.77. The number of aromatic nitrogens is 2. The summed E-state index contributed by atoms with van der Waals surface area (Å²) in [6, 6.07) is 3.92. The number of methoxy groups -OCH3 is 1. The normalized spacial score (nSPS) is 19.1. The molecule has 1 fully saturated rings. The number of piperidine rings is 1. The van der Waals surface area contributed by atoms with Gasteiger partial charge in [-0.3, -0.25) is 0 Å². The predicted molar refractivity (Wildman–Crippen MR) is 58.1 cm³/mol. The predicted octanol–water partition coefficient (Wildman–Crippen LogP) is 1.29. The molecule has 0 saturated carbocycles. The van der Waals surface area contributed by atoms with E-state index < -0.39 is 0 Å². The van der Waals surface area contributed by atoms with Crippen LogP contribution in [0.4, 0.5) is 0 Å². The first-order valence-electron chi connectivity index (χ1n) is 5.36. The number of likely N-dealkylation sites (tertiary alicyclic amines) is 1.